The van der Waals surface area contributed by atoms with Gasteiger partial charge in [-0.05, 0) is 24.6 Å². The van der Waals surface area contributed by atoms with Crippen LogP contribution in [0.25, 0.3) is 0 Å². The number of ether oxygens (including phenoxy) is 1. The van der Waals surface area contributed by atoms with Crippen molar-refractivity contribution in [3.63, 3.8) is 0 Å². The molecule has 1 N–H and O–H groups in total. The van der Waals surface area contributed by atoms with Crippen molar-refractivity contribution in [3.8, 4) is 5.75 Å². The second kappa shape index (κ2) is 6.70. The zero-order valence-electron chi connectivity index (χ0n) is 11.5. The summed E-state index contributed by atoms with van der Waals surface area (Å²) in [5, 5.41) is 6.41. The number of aryl methyl sites for hydroxylation is 1. The van der Waals surface area contributed by atoms with E-state index in [1.165, 1.54) is 0 Å². The van der Waals surface area contributed by atoms with Crippen molar-refractivity contribution in [3.05, 3.63) is 41.5 Å². The molecule has 0 bridgehead atoms. The Bertz CT molecular complexity index is 581. The average molecular weight is 275 g/mol. The van der Waals surface area contributed by atoms with E-state index in [4.69, 9.17) is 9.26 Å². The minimum Gasteiger partial charge on any atom is -0.484 e. The number of amides is 1. The van der Waals surface area contributed by atoms with Gasteiger partial charge in [-0.25, -0.2) is 0 Å². The van der Waals surface area contributed by atoms with Crippen LogP contribution in [0.4, 0.5) is 0 Å². The lowest BCUT2D eigenvalue weighted by molar-refractivity contribution is 0.0962. The monoisotopic (exact) mass is 275 g/mol. The van der Waals surface area contributed by atoms with Gasteiger partial charge in [0.05, 0.1) is 0 Å². The van der Waals surface area contributed by atoms with E-state index in [2.05, 4.69) is 22.4 Å². The van der Waals surface area contributed by atoms with Crippen LogP contribution in [0.5, 0.6) is 5.75 Å². The molecule has 106 valence electrons. The zero-order valence-corrected chi connectivity index (χ0v) is 11.5. The summed E-state index contributed by atoms with van der Waals surface area (Å²) >= 11 is 0. The summed E-state index contributed by atoms with van der Waals surface area (Å²) in [4.78, 5) is 15.7. The van der Waals surface area contributed by atoms with Gasteiger partial charge >= 0.3 is 0 Å². The topological polar surface area (TPSA) is 77.2 Å². The molecule has 0 aliphatic heterocycles. The van der Waals surface area contributed by atoms with E-state index in [1.807, 2.05) is 0 Å². The van der Waals surface area contributed by atoms with Crippen LogP contribution in [-0.4, -0.2) is 23.1 Å². The van der Waals surface area contributed by atoms with Crippen LogP contribution in [0.1, 0.15) is 35.4 Å². The molecule has 0 spiro atoms. The minimum atomic E-state index is -0.154. The van der Waals surface area contributed by atoms with Gasteiger partial charge in [0.15, 0.2) is 12.4 Å². The number of nitrogens with one attached hydrogen (secondary N) is 1. The molecule has 0 aliphatic carbocycles. The largest absolute Gasteiger partial charge is 0.484 e. The van der Waals surface area contributed by atoms with Gasteiger partial charge in [0.25, 0.3) is 11.8 Å². The molecule has 6 nitrogen and oxygen atoms in total. The smallest absolute Gasteiger partial charge is 0.264 e. The number of nitrogens with zero attached hydrogens (tertiary/aromatic N) is 2. The highest BCUT2D eigenvalue weighted by atomic mass is 16.5. The second-order valence-corrected chi connectivity index (χ2v) is 4.25. The first-order valence-electron chi connectivity index (χ1n) is 6.49. The van der Waals surface area contributed by atoms with Gasteiger partial charge in [0, 0.05) is 19.0 Å². The van der Waals surface area contributed by atoms with E-state index < -0.39 is 0 Å². The third kappa shape index (κ3) is 3.57. The molecule has 0 fully saturated rings. The SMILES string of the molecule is CCCc1noc(COc2cccc(C(=O)NC)c2)n1. The predicted octanol–water partition coefficient (Wildman–Crippen LogP) is 1.96. The van der Waals surface area contributed by atoms with Gasteiger partial charge < -0.3 is 14.6 Å². The number of hydrogen-bond acceptors (Lipinski definition) is 5. The Morgan fingerprint density at radius 1 is 1.45 bits per heavy atom. The highest BCUT2D eigenvalue weighted by Crippen LogP contribution is 2.15. The van der Waals surface area contributed by atoms with Crippen molar-refractivity contribution in [1.82, 2.24) is 15.5 Å². The maximum atomic E-state index is 11.5. The quantitative estimate of drug-likeness (QED) is 0.872. The minimum absolute atomic E-state index is 0.154. The fourth-order valence-electron chi connectivity index (χ4n) is 1.69. The fraction of sp³-hybridized carbons (Fsp3) is 0.357. The molecule has 1 aromatic carbocycles. The first kappa shape index (κ1) is 14.0. The first-order chi connectivity index (χ1) is 9.72. The third-order valence-electron chi connectivity index (χ3n) is 2.67. The molecule has 6 heteroatoms. The van der Waals surface area contributed by atoms with Crippen LogP contribution in [0.2, 0.25) is 0 Å². The molecule has 0 atom stereocenters. The molecular weight excluding hydrogens is 258 g/mol. The Hall–Kier alpha value is -2.37. The number of carbonyl (C=O) groups is 1. The summed E-state index contributed by atoms with van der Waals surface area (Å²) in [6.45, 7) is 2.24. The van der Waals surface area contributed by atoms with Gasteiger partial charge in [-0.15, -0.1) is 0 Å². The first-order valence-corrected chi connectivity index (χ1v) is 6.49. The molecule has 0 saturated heterocycles. The normalized spacial score (nSPS) is 10.3. The molecule has 2 rings (SSSR count). The van der Waals surface area contributed by atoms with Gasteiger partial charge in [-0.2, -0.15) is 4.98 Å². The number of benzene rings is 1. The molecular formula is C14H17N3O3. The van der Waals surface area contributed by atoms with E-state index in [9.17, 15) is 4.79 Å². The zero-order chi connectivity index (χ0) is 14.4. The maximum Gasteiger partial charge on any atom is 0.264 e. The molecule has 0 unspecified atom stereocenters. The molecule has 0 radical (unpaired) electrons. The van der Waals surface area contributed by atoms with Crippen molar-refractivity contribution in [2.45, 2.75) is 26.4 Å². The molecule has 0 aliphatic rings. The van der Waals surface area contributed by atoms with Crippen molar-refractivity contribution in [2.24, 2.45) is 0 Å². The predicted molar refractivity (Wildman–Crippen MR) is 72.5 cm³/mol. The summed E-state index contributed by atoms with van der Waals surface area (Å²) in [5.74, 6) is 1.55. The Balaban J connectivity index is 1.97. The van der Waals surface area contributed by atoms with Crippen molar-refractivity contribution in [1.29, 1.82) is 0 Å². The Morgan fingerprint density at radius 3 is 3.05 bits per heavy atom. The van der Waals surface area contributed by atoms with Gasteiger partial charge in [-0.3, -0.25) is 4.79 Å². The summed E-state index contributed by atoms with van der Waals surface area (Å²) in [6.07, 6.45) is 1.75. The molecule has 2 aromatic rings. The van der Waals surface area contributed by atoms with Crippen molar-refractivity contribution in [2.75, 3.05) is 7.05 Å². The van der Waals surface area contributed by atoms with E-state index in [-0.39, 0.29) is 12.5 Å². The van der Waals surface area contributed by atoms with Gasteiger partial charge in [0.2, 0.25) is 0 Å². The number of carbonyl (C=O) groups excluding carboxylic acids is 1. The van der Waals surface area contributed by atoms with Crippen LogP contribution < -0.4 is 10.1 Å². The second-order valence-electron chi connectivity index (χ2n) is 4.25. The fourth-order valence-corrected chi connectivity index (χ4v) is 1.69. The van der Waals surface area contributed by atoms with Gasteiger partial charge in [0.1, 0.15) is 5.75 Å². The molecule has 1 heterocycles. The standard InChI is InChI=1S/C14H17N3O3/c1-3-5-12-16-13(20-17-12)9-19-11-7-4-6-10(8-11)14(18)15-2/h4,6-8H,3,5,9H2,1-2H3,(H,15,18). The van der Waals surface area contributed by atoms with E-state index >= 15 is 0 Å². The van der Waals surface area contributed by atoms with Crippen LogP contribution in [0, 0.1) is 0 Å². The highest BCUT2D eigenvalue weighted by molar-refractivity contribution is 5.94. The van der Waals surface area contributed by atoms with Crippen LogP contribution >= 0.6 is 0 Å². The number of aromatic nitrogens is 2. The molecule has 1 aromatic heterocycles. The summed E-state index contributed by atoms with van der Waals surface area (Å²) < 4.78 is 10.6. The lowest BCUT2D eigenvalue weighted by atomic mass is 10.2. The van der Waals surface area contributed by atoms with Crippen LogP contribution in [0.15, 0.2) is 28.8 Å². The van der Waals surface area contributed by atoms with Crippen molar-refractivity contribution >= 4 is 5.91 Å². The average Bonchev–Trinajstić information content (AvgIpc) is 2.93. The van der Waals surface area contributed by atoms with Crippen LogP contribution in [0.3, 0.4) is 0 Å². The maximum absolute atomic E-state index is 11.5. The lowest BCUT2D eigenvalue weighted by Crippen LogP contribution is -2.17. The molecule has 20 heavy (non-hydrogen) atoms. The summed E-state index contributed by atoms with van der Waals surface area (Å²) in [5.41, 5.74) is 0.544. The van der Waals surface area contributed by atoms with E-state index in [1.54, 1.807) is 31.3 Å². The Kier molecular flexibility index (Phi) is 4.70. The molecule has 0 saturated carbocycles. The highest BCUT2D eigenvalue weighted by Gasteiger charge is 2.08. The Labute approximate surface area is 117 Å². The van der Waals surface area contributed by atoms with E-state index in [0.717, 1.165) is 12.8 Å². The van der Waals surface area contributed by atoms with Crippen LogP contribution in [-0.2, 0) is 13.0 Å². The summed E-state index contributed by atoms with van der Waals surface area (Å²) in [7, 11) is 1.59. The Morgan fingerprint density at radius 2 is 2.30 bits per heavy atom. The van der Waals surface area contributed by atoms with Crippen molar-refractivity contribution < 1.29 is 14.1 Å². The lowest BCUT2D eigenvalue weighted by Gasteiger charge is -2.05. The van der Waals surface area contributed by atoms with E-state index in [0.29, 0.717) is 23.0 Å². The van der Waals surface area contributed by atoms with Gasteiger partial charge in [-0.1, -0.05) is 18.1 Å². The number of hydrogen-bond donors (Lipinski definition) is 1. The molecule has 1 amide bonds. The third-order valence-corrected chi connectivity index (χ3v) is 2.67. The summed E-state index contributed by atoms with van der Waals surface area (Å²) in [6, 6.07) is 6.92. The number of rotatable bonds is 6.